The van der Waals surface area contributed by atoms with Crippen LogP contribution < -0.4 is 0 Å². The van der Waals surface area contributed by atoms with Gasteiger partial charge in [-0.2, -0.15) is 17.9 Å². The second-order valence-electron chi connectivity index (χ2n) is 8.26. The third kappa shape index (κ3) is 12.2. The highest BCUT2D eigenvalue weighted by molar-refractivity contribution is 8.00. The molecule has 0 saturated carbocycles. The molecule has 3 atom stereocenters. The lowest BCUT2D eigenvalue weighted by Gasteiger charge is -2.32. The molecule has 0 aliphatic rings. The number of nitriles is 1. The average molecular weight is 386 g/mol. The first-order valence-corrected chi connectivity index (χ1v) is 12.1. The maximum absolute atomic E-state index is 9.02. The van der Waals surface area contributed by atoms with E-state index in [4.69, 9.17) is 5.26 Å². The van der Waals surface area contributed by atoms with Crippen LogP contribution in [0.25, 0.3) is 0 Å². The molecule has 0 N–H and O–H groups in total. The fraction of sp³-hybridized carbons (Fsp3) is 0.955. The van der Waals surface area contributed by atoms with Crippen molar-refractivity contribution < 1.29 is 0 Å². The molecule has 1 nitrogen and oxygen atoms in total. The first-order valence-electron chi connectivity index (χ1n) is 10.6. The summed E-state index contributed by atoms with van der Waals surface area (Å²) in [5.74, 6) is 1.91. The number of hydrogen-bond donors (Lipinski definition) is 1. The summed E-state index contributed by atoms with van der Waals surface area (Å²) in [7, 11) is 0. The molecule has 25 heavy (non-hydrogen) atoms. The first kappa shape index (κ1) is 25.2. The Morgan fingerprint density at radius 1 is 0.920 bits per heavy atom. The standard InChI is InChI=1S/C22H43NS2/c1-6-22(5,19(2)3)16-14-12-10-8-7-9-11-13-15-17-25-21(18-23)20(4)24/h19-21,24H,6-17H2,1-5H3. The van der Waals surface area contributed by atoms with Crippen molar-refractivity contribution >= 4 is 24.4 Å². The predicted molar refractivity (Wildman–Crippen MR) is 120 cm³/mol. The Hall–Kier alpha value is 0.190. The molecule has 0 radical (unpaired) electrons. The number of rotatable bonds is 16. The third-order valence-corrected chi connectivity index (χ3v) is 7.85. The smallest absolute Gasteiger partial charge is 0.103 e. The van der Waals surface area contributed by atoms with Gasteiger partial charge in [0, 0.05) is 5.25 Å². The molecule has 148 valence electrons. The zero-order valence-corrected chi connectivity index (χ0v) is 19.2. The average Bonchev–Trinajstić information content (AvgIpc) is 2.58. The lowest BCUT2D eigenvalue weighted by Crippen LogP contribution is -2.22. The molecule has 0 heterocycles. The van der Waals surface area contributed by atoms with E-state index in [2.05, 4.69) is 46.4 Å². The van der Waals surface area contributed by atoms with Crippen LogP contribution in [0, 0.1) is 22.7 Å². The Bertz CT molecular complexity index is 348. The van der Waals surface area contributed by atoms with Gasteiger partial charge < -0.3 is 0 Å². The summed E-state index contributed by atoms with van der Waals surface area (Å²) >= 11 is 6.14. The summed E-state index contributed by atoms with van der Waals surface area (Å²) in [6, 6.07) is 2.34. The van der Waals surface area contributed by atoms with Gasteiger partial charge in [-0.15, -0.1) is 11.8 Å². The monoisotopic (exact) mass is 385 g/mol. The van der Waals surface area contributed by atoms with Crippen molar-refractivity contribution in [2.75, 3.05) is 5.75 Å². The van der Waals surface area contributed by atoms with E-state index in [0.717, 1.165) is 11.7 Å². The van der Waals surface area contributed by atoms with Crippen LogP contribution in [0.1, 0.15) is 105 Å². The Morgan fingerprint density at radius 3 is 1.80 bits per heavy atom. The van der Waals surface area contributed by atoms with Crippen LogP contribution in [0.2, 0.25) is 0 Å². The normalized spacial score (nSPS) is 16.4. The zero-order chi connectivity index (χ0) is 19.1. The molecule has 0 spiro atoms. The molecular formula is C22H43NS2. The van der Waals surface area contributed by atoms with Gasteiger partial charge in [0.25, 0.3) is 0 Å². The van der Waals surface area contributed by atoms with Gasteiger partial charge in [-0.3, -0.25) is 0 Å². The fourth-order valence-electron chi connectivity index (χ4n) is 3.24. The molecule has 0 aromatic rings. The lowest BCUT2D eigenvalue weighted by atomic mass is 9.73. The maximum Gasteiger partial charge on any atom is 0.103 e. The molecule has 3 heteroatoms. The van der Waals surface area contributed by atoms with Crippen molar-refractivity contribution in [2.24, 2.45) is 11.3 Å². The van der Waals surface area contributed by atoms with Crippen LogP contribution in [-0.2, 0) is 0 Å². The molecule has 3 unspecified atom stereocenters. The van der Waals surface area contributed by atoms with E-state index in [1.807, 2.05) is 6.92 Å². The predicted octanol–water partition coefficient (Wildman–Crippen LogP) is 7.90. The van der Waals surface area contributed by atoms with E-state index in [-0.39, 0.29) is 10.5 Å². The van der Waals surface area contributed by atoms with Crippen molar-refractivity contribution in [3.63, 3.8) is 0 Å². The summed E-state index contributed by atoms with van der Waals surface area (Å²) in [4.78, 5) is 0. The molecule has 0 aliphatic carbocycles. The number of nitrogens with zero attached hydrogens (tertiary/aromatic N) is 1. The zero-order valence-electron chi connectivity index (χ0n) is 17.5. The van der Waals surface area contributed by atoms with Crippen LogP contribution in [0.15, 0.2) is 0 Å². The topological polar surface area (TPSA) is 23.8 Å². The minimum Gasteiger partial charge on any atom is -0.197 e. The second kappa shape index (κ2) is 15.3. The quantitative estimate of drug-likeness (QED) is 0.215. The number of thioether (sulfide) groups is 1. The first-order chi connectivity index (χ1) is 11.9. The summed E-state index contributed by atoms with van der Waals surface area (Å²) in [6.07, 6.45) is 15.0. The Labute approximate surface area is 168 Å². The van der Waals surface area contributed by atoms with Crippen LogP contribution in [0.3, 0.4) is 0 Å². The van der Waals surface area contributed by atoms with Gasteiger partial charge in [0.15, 0.2) is 0 Å². The van der Waals surface area contributed by atoms with E-state index < -0.39 is 0 Å². The summed E-state index contributed by atoms with van der Waals surface area (Å²) in [6.45, 7) is 11.6. The van der Waals surface area contributed by atoms with Crippen LogP contribution >= 0.6 is 24.4 Å². The van der Waals surface area contributed by atoms with Crippen LogP contribution in [0.4, 0.5) is 0 Å². The van der Waals surface area contributed by atoms with Gasteiger partial charge in [-0.25, -0.2) is 0 Å². The van der Waals surface area contributed by atoms with Crippen molar-refractivity contribution in [1.82, 2.24) is 0 Å². The minimum absolute atomic E-state index is 0.0496. The SMILES string of the molecule is CCC(C)(CCCCCCCCCCCSC(C#N)C(C)S)C(C)C. The van der Waals surface area contributed by atoms with Crippen molar-refractivity contribution in [3.05, 3.63) is 0 Å². The molecular weight excluding hydrogens is 342 g/mol. The molecule has 0 aromatic heterocycles. The fourth-order valence-corrected chi connectivity index (χ4v) is 4.54. The molecule has 0 saturated heterocycles. The summed E-state index contributed by atoms with van der Waals surface area (Å²) < 4.78 is 0. The van der Waals surface area contributed by atoms with E-state index in [9.17, 15) is 0 Å². The molecule has 0 aromatic carbocycles. The van der Waals surface area contributed by atoms with E-state index in [1.54, 1.807) is 11.8 Å². The molecule has 0 rings (SSSR count). The molecule has 0 aliphatic heterocycles. The Morgan fingerprint density at radius 2 is 1.40 bits per heavy atom. The lowest BCUT2D eigenvalue weighted by molar-refractivity contribution is 0.183. The second-order valence-corrected chi connectivity index (χ2v) is 10.3. The largest absolute Gasteiger partial charge is 0.197 e. The number of unbranched alkanes of at least 4 members (excludes halogenated alkanes) is 8. The Balaban J connectivity index is 3.42. The highest BCUT2D eigenvalue weighted by Gasteiger charge is 2.25. The van der Waals surface area contributed by atoms with Crippen LogP contribution in [0.5, 0.6) is 0 Å². The van der Waals surface area contributed by atoms with Crippen molar-refractivity contribution in [3.8, 4) is 6.07 Å². The molecule has 0 amide bonds. The van der Waals surface area contributed by atoms with Gasteiger partial charge in [-0.1, -0.05) is 92.4 Å². The third-order valence-electron chi connectivity index (χ3n) is 5.96. The Kier molecular flexibility index (Phi) is 15.4. The van der Waals surface area contributed by atoms with Gasteiger partial charge in [-0.05, 0) is 29.9 Å². The van der Waals surface area contributed by atoms with Gasteiger partial charge in [0.2, 0.25) is 0 Å². The van der Waals surface area contributed by atoms with Gasteiger partial charge >= 0.3 is 0 Å². The number of thiol groups is 1. The van der Waals surface area contributed by atoms with Crippen molar-refractivity contribution in [2.45, 2.75) is 116 Å². The number of hydrogen-bond acceptors (Lipinski definition) is 3. The van der Waals surface area contributed by atoms with Gasteiger partial charge in [0.05, 0.1) is 6.07 Å². The minimum atomic E-state index is 0.0496. The van der Waals surface area contributed by atoms with Crippen molar-refractivity contribution in [1.29, 1.82) is 5.26 Å². The maximum atomic E-state index is 9.02. The molecule has 0 bridgehead atoms. The van der Waals surface area contributed by atoms with Gasteiger partial charge in [0.1, 0.15) is 5.25 Å². The highest BCUT2D eigenvalue weighted by atomic mass is 32.2. The van der Waals surface area contributed by atoms with Crippen LogP contribution in [-0.4, -0.2) is 16.3 Å². The van der Waals surface area contributed by atoms with E-state index in [0.29, 0.717) is 5.41 Å². The van der Waals surface area contributed by atoms with E-state index in [1.165, 1.54) is 70.6 Å². The van der Waals surface area contributed by atoms with E-state index >= 15 is 0 Å². The summed E-state index contributed by atoms with van der Waals surface area (Å²) in [5, 5.41) is 9.25. The summed E-state index contributed by atoms with van der Waals surface area (Å²) in [5.41, 5.74) is 0.549. The highest BCUT2D eigenvalue weighted by Crippen LogP contribution is 2.36. The molecule has 0 fully saturated rings.